The zero-order valence-corrected chi connectivity index (χ0v) is 14.6. The molecule has 0 atom stereocenters. The lowest BCUT2D eigenvalue weighted by Gasteiger charge is -2.16. The van der Waals surface area contributed by atoms with Gasteiger partial charge in [0.25, 0.3) is 5.91 Å². The van der Waals surface area contributed by atoms with Crippen LogP contribution in [0.1, 0.15) is 66.6 Å². The highest BCUT2D eigenvalue weighted by Gasteiger charge is 2.14. The van der Waals surface area contributed by atoms with E-state index in [1.165, 1.54) is 0 Å². The minimum Gasteiger partial charge on any atom is -0.507 e. The summed E-state index contributed by atoms with van der Waals surface area (Å²) in [6, 6.07) is 12.8. The predicted molar refractivity (Wildman–Crippen MR) is 97.8 cm³/mol. The highest BCUT2D eigenvalue weighted by Crippen LogP contribution is 2.34. The van der Waals surface area contributed by atoms with Gasteiger partial charge in [-0.3, -0.25) is 4.79 Å². The van der Waals surface area contributed by atoms with E-state index in [2.05, 4.69) is 10.5 Å². The molecule has 0 aromatic heterocycles. The Balaban J connectivity index is 2.21. The summed E-state index contributed by atoms with van der Waals surface area (Å²) in [7, 11) is 0. The van der Waals surface area contributed by atoms with Crippen molar-refractivity contribution in [3.05, 3.63) is 64.7 Å². The van der Waals surface area contributed by atoms with Gasteiger partial charge in [0.05, 0.1) is 6.21 Å². The van der Waals surface area contributed by atoms with Crippen LogP contribution < -0.4 is 5.43 Å². The van der Waals surface area contributed by atoms with Crippen LogP contribution in [0.25, 0.3) is 0 Å². The van der Waals surface area contributed by atoms with Crippen LogP contribution in [-0.2, 0) is 0 Å². The Morgan fingerprint density at radius 3 is 2.08 bits per heavy atom. The quantitative estimate of drug-likeness (QED) is 0.632. The third-order valence-electron chi connectivity index (χ3n) is 3.85. The van der Waals surface area contributed by atoms with Crippen LogP contribution in [0, 0.1) is 0 Å². The molecule has 0 aliphatic rings. The maximum atomic E-state index is 12.0. The van der Waals surface area contributed by atoms with Crippen molar-refractivity contribution in [2.24, 2.45) is 5.10 Å². The van der Waals surface area contributed by atoms with Crippen LogP contribution in [0.4, 0.5) is 0 Å². The Bertz CT molecular complexity index is 706. The molecule has 0 spiro atoms. The van der Waals surface area contributed by atoms with Crippen molar-refractivity contribution in [3.63, 3.8) is 0 Å². The number of aromatic hydroxyl groups is 1. The van der Waals surface area contributed by atoms with Crippen LogP contribution in [0.5, 0.6) is 5.75 Å². The number of hydrogen-bond donors (Lipinski definition) is 2. The second kappa shape index (κ2) is 7.77. The first kappa shape index (κ1) is 17.7. The van der Waals surface area contributed by atoms with Crippen molar-refractivity contribution in [3.8, 4) is 5.75 Å². The smallest absolute Gasteiger partial charge is 0.271 e. The van der Waals surface area contributed by atoms with Crippen LogP contribution in [0.3, 0.4) is 0 Å². The maximum Gasteiger partial charge on any atom is 0.271 e. The number of hydrazone groups is 1. The van der Waals surface area contributed by atoms with Gasteiger partial charge in [0.2, 0.25) is 0 Å². The van der Waals surface area contributed by atoms with Gasteiger partial charge in [-0.25, -0.2) is 5.43 Å². The molecule has 0 saturated heterocycles. The van der Waals surface area contributed by atoms with Gasteiger partial charge in [-0.1, -0.05) is 45.9 Å². The van der Waals surface area contributed by atoms with E-state index in [1.54, 1.807) is 18.3 Å². The molecule has 4 heteroatoms. The Morgan fingerprint density at radius 1 is 1.04 bits per heavy atom. The number of carbonyl (C=O) groups excluding carboxylic acids is 1. The van der Waals surface area contributed by atoms with Gasteiger partial charge < -0.3 is 5.11 Å². The van der Waals surface area contributed by atoms with Crippen LogP contribution in [-0.4, -0.2) is 17.2 Å². The third-order valence-corrected chi connectivity index (χ3v) is 3.85. The van der Waals surface area contributed by atoms with Gasteiger partial charge in [-0.15, -0.1) is 0 Å². The largest absolute Gasteiger partial charge is 0.507 e. The summed E-state index contributed by atoms with van der Waals surface area (Å²) in [5, 5.41) is 14.4. The number of benzene rings is 2. The van der Waals surface area contributed by atoms with Crippen molar-refractivity contribution >= 4 is 12.1 Å². The Morgan fingerprint density at radius 2 is 1.58 bits per heavy atom. The van der Waals surface area contributed by atoms with E-state index in [0.29, 0.717) is 11.3 Å². The predicted octanol–water partition coefficient (Wildman–Crippen LogP) is 4.40. The van der Waals surface area contributed by atoms with Gasteiger partial charge in [-0.2, -0.15) is 5.10 Å². The van der Waals surface area contributed by atoms with E-state index >= 15 is 0 Å². The van der Waals surface area contributed by atoms with Gasteiger partial charge in [0.15, 0.2) is 0 Å². The van der Waals surface area contributed by atoms with E-state index in [0.717, 1.165) is 16.7 Å². The molecule has 0 heterocycles. The Labute approximate surface area is 143 Å². The molecule has 2 aromatic rings. The van der Waals surface area contributed by atoms with Crippen LogP contribution >= 0.6 is 0 Å². The number of nitrogens with one attached hydrogen (secondary N) is 1. The molecule has 0 aliphatic carbocycles. The van der Waals surface area contributed by atoms with E-state index in [-0.39, 0.29) is 17.7 Å². The van der Waals surface area contributed by atoms with Crippen molar-refractivity contribution < 1.29 is 9.90 Å². The highest BCUT2D eigenvalue weighted by molar-refractivity contribution is 5.94. The van der Waals surface area contributed by atoms with E-state index in [9.17, 15) is 9.90 Å². The van der Waals surface area contributed by atoms with Gasteiger partial charge in [0, 0.05) is 5.56 Å². The topological polar surface area (TPSA) is 61.7 Å². The summed E-state index contributed by atoms with van der Waals surface area (Å²) in [6.45, 7) is 8.16. The van der Waals surface area contributed by atoms with Crippen molar-refractivity contribution in [2.75, 3.05) is 0 Å². The molecule has 2 aromatic carbocycles. The Kier molecular flexibility index (Phi) is 5.74. The van der Waals surface area contributed by atoms with Crippen molar-refractivity contribution in [1.82, 2.24) is 5.43 Å². The molecular formula is C20H24N2O2. The maximum absolute atomic E-state index is 12.0. The molecular weight excluding hydrogens is 300 g/mol. The molecule has 4 nitrogen and oxygen atoms in total. The third kappa shape index (κ3) is 4.22. The lowest BCUT2D eigenvalue weighted by Crippen LogP contribution is -2.17. The van der Waals surface area contributed by atoms with E-state index < -0.39 is 0 Å². The number of nitrogens with zero attached hydrogens (tertiary/aromatic N) is 1. The van der Waals surface area contributed by atoms with Gasteiger partial charge in [0.1, 0.15) is 5.75 Å². The molecule has 0 fully saturated rings. The second-order valence-electron chi connectivity index (χ2n) is 6.42. The SMILES string of the molecule is CC(C)c1cc(/C=N\NC(=O)c2ccccc2)cc(C(C)C)c1O. The minimum atomic E-state index is -0.251. The zero-order valence-electron chi connectivity index (χ0n) is 14.6. The fourth-order valence-electron chi connectivity index (χ4n) is 2.48. The standard InChI is InChI=1S/C20H24N2O2/c1-13(2)17-10-15(11-18(14(3)4)19(17)23)12-21-22-20(24)16-8-6-5-7-9-16/h5-14,23H,1-4H3,(H,22,24)/b21-12-. The second-order valence-corrected chi connectivity index (χ2v) is 6.42. The average Bonchev–Trinajstić information content (AvgIpc) is 2.56. The molecule has 0 aliphatic heterocycles. The molecule has 0 unspecified atom stereocenters. The average molecular weight is 324 g/mol. The number of hydrogen-bond acceptors (Lipinski definition) is 3. The first-order valence-electron chi connectivity index (χ1n) is 8.15. The number of phenols is 1. The lowest BCUT2D eigenvalue weighted by atomic mass is 9.92. The number of phenolic OH excluding ortho intramolecular Hbond substituents is 1. The van der Waals surface area contributed by atoms with Crippen LogP contribution in [0.15, 0.2) is 47.6 Å². The first-order valence-corrected chi connectivity index (χ1v) is 8.15. The summed E-state index contributed by atoms with van der Waals surface area (Å²) < 4.78 is 0. The number of amides is 1. The summed E-state index contributed by atoms with van der Waals surface area (Å²) in [4.78, 5) is 12.0. The molecule has 0 radical (unpaired) electrons. The minimum absolute atomic E-state index is 0.203. The summed E-state index contributed by atoms with van der Waals surface area (Å²) in [5.74, 6) is 0.508. The van der Waals surface area contributed by atoms with E-state index in [1.807, 2.05) is 58.0 Å². The molecule has 0 saturated carbocycles. The summed E-state index contributed by atoms with van der Waals surface area (Å²) >= 11 is 0. The van der Waals surface area contributed by atoms with Gasteiger partial charge >= 0.3 is 0 Å². The molecule has 126 valence electrons. The summed E-state index contributed by atoms with van der Waals surface area (Å²) in [6.07, 6.45) is 1.61. The highest BCUT2D eigenvalue weighted by atomic mass is 16.3. The monoisotopic (exact) mass is 324 g/mol. The van der Waals surface area contributed by atoms with Gasteiger partial charge in [-0.05, 0) is 52.8 Å². The molecule has 0 bridgehead atoms. The van der Waals surface area contributed by atoms with E-state index in [4.69, 9.17) is 0 Å². The van der Waals surface area contributed by atoms with Crippen LogP contribution in [0.2, 0.25) is 0 Å². The number of carbonyl (C=O) groups is 1. The lowest BCUT2D eigenvalue weighted by molar-refractivity contribution is 0.0955. The first-order chi connectivity index (χ1) is 11.4. The number of rotatable bonds is 5. The Hall–Kier alpha value is -2.62. The zero-order chi connectivity index (χ0) is 17.7. The normalized spacial score (nSPS) is 11.4. The summed E-state index contributed by atoms with van der Waals surface area (Å²) in [5.41, 5.74) is 5.72. The van der Waals surface area contributed by atoms with Crippen molar-refractivity contribution in [2.45, 2.75) is 39.5 Å². The molecule has 2 N–H and O–H groups in total. The fourth-order valence-corrected chi connectivity index (χ4v) is 2.48. The molecule has 1 amide bonds. The van der Waals surface area contributed by atoms with Crippen molar-refractivity contribution in [1.29, 1.82) is 0 Å². The molecule has 24 heavy (non-hydrogen) atoms. The molecule has 2 rings (SSSR count). The fraction of sp³-hybridized carbons (Fsp3) is 0.300.